The molecule has 0 bridgehead atoms. The molecule has 10 heteroatoms. The minimum absolute atomic E-state index is 0.0789. The van der Waals surface area contributed by atoms with E-state index in [1.54, 1.807) is 26.0 Å². The largest absolute Gasteiger partial charge is 0.468 e. The number of methoxy groups -OCH3 is 1. The zero-order valence-corrected chi connectivity index (χ0v) is 17.8. The lowest BCUT2D eigenvalue weighted by atomic mass is 9.86. The highest BCUT2D eigenvalue weighted by atomic mass is 31.2. The average molecular weight is 417 g/mol. The molecule has 9 nitrogen and oxygen atoms in total. The fourth-order valence-corrected chi connectivity index (χ4v) is 6.02. The highest BCUT2D eigenvalue weighted by Crippen LogP contribution is 2.65. The molecule has 0 radical (unpaired) electrons. The number of hydrogen-bond acceptors (Lipinski definition) is 8. The molecule has 0 saturated carbocycles. The molecule has 1 heterocycles. The first-order chi connectivity index (χ1) is 13.2. The number of allylic oxidation sites excluding steroid dienone is 1. The van der Waals surface area contributed by atoms with Gasteiger partial charge in [0, 0.05) is 20.6 Å². The van der Waals surface area contributed by atoms with Crippen molar-refractivity contribution in [2.75, 3.05) is 21.3 Å². The second-order valence-corrected chi connectivity index (χ2v) is 9.55. The van der Waals surface area contributed by atoms with Crippen LogP contribution in [0, 0.1) is 0 Å². The number of carbonyl (C=O) groups excluding carboxylic acids is 3. The van der Waals surface area contributed by atoms with Gasteiger partial charge in [0.25, 0.3) is 0 Å². The molecule has 0 aromatic rings. The maximum Gasteiger partial charge on any atom is 0.349 e. The van der Waals surface area contributed by atoms with Crippen LogP contribution in [-0.2, 0) is 37.5 Å². The fraction of sp³-hybridized carbons (Fsp3) is 0.722. The van der Waals surface area contributed by atoms with Gasteiger partial charge in [-0.05, 0) is 33.1 Å². The van der Waals surface area contributed by atoms with E-state index in [9.17, 15) is 18.9 Å². The second-order valence-electron chi connectivity index (χ2n) is 7.03. The van der Waals surface area contributed by atoms with Gasteiger partial charge in [-0.1, -0.05) is 12.2 Å². The van der Waals surface area contributed by atoms with Gasteiger partial charge < -0.3 is 23.4 Å². The lowest BCUT2D eigenvalue weighted by Gasteiger charge is -2.46. The van der Waals surface area contributed by atoms with Gasteiger partial charge in [-0.2, -0.15) is 0 Å². The number of nitrogens with zero attached hydrogens (tertiary/aromatic N) is 1. The van der Waals surface area contributed by atoms with Gasteiger partial charge in [-0.15, -0.1) is 0 Å². The lowest BCUT2D eigenvalue weighted by molar-refractivity contribution is -0.159. The van der Waals surface area contributed by atoms with Crippen molar-refractivity contribution in [3.05, 3.63) is 12.2 Å². The van der Waals surface area contributed by atoms with E-state index < -0.39 is 36.8 Å². The van der Waals surface area contributed by atoms with E-state index in [1.807, 2.05) is 0 Å². The Hall–Kier alpha value is -1.70. The van der Waals surface area contributed by atoms with Gasteiger partial charge in [0.05, 0.1) is 19.3 Å². The molecule has 1 amide bonds. The van der Waals surface area contributed by atoms with Crippen LogP contribution in [0.1, 0.15) is 39.5 Å². The molecule has 0 aromatic carbocycles. The molecular formula is C18H28NO8P. The Bertz CT molecular complexity index is 698. The van der Waals surface area contributed by atoms with Gasteiger partial charge in [-0.3, -0.25) is 14.2 Å². The molecule has 0 unspecified atom stereocenters. The Balaban J connectivity index is 2.60. The summed E-state index contributed by atoms with van der Waals surface area (Å²) in [5.41, 5.74) is 0. The number of carbonyl (C=O) groups is 3. The summed E-state index contributed by atoms with van der Waals surface area (Å²) >= 11 is 0. The number of esters is 2. The molecule has 3 atom stereocenters. The smallest absolute Gasteiger partial charge is 0.349 e. The van der Waals surface area contributed by atoms with Crippen molar-refractivity contribution >= 4 is 25.4 Å². The number of amides is 1. The van der Waals surface area contributed by atoms with E-state index in [4.69, 9.17) is 18.5 Å². The van der Waals surface area contributed by atoms with Crippen molar-refractivity contribution < 1.29 is 37.5 Å². The Kier molecular flexibility index (Phi) is 7.07. The molecule has 0 aromatic heterocycles. The van der Waals surface area contributed by atoms with Crippen LogP contribution in [-0.4, -0.2) is 67.4 Å². The predicted molar refractivity (Wildman–Crippen MR) is 99.6 cm³/mol. The molecule has 2 aliphatic rings. The van der Waals surface area contributed by atoms with Crippen LogP contribution in [0.2, 0.25) is 0 Å². The lowest BCUT2D eigenvalue weighted by Crippen LogP contribution is -2.61. The molecule has 158 valence electrons. The van der Waals surface area contributed by atoms with E-state index >= 15 is 0 Å². The van der Waals surface area contributed by atoms with Crippen molar-refractivity contribution in [1.29, 1.82) is 0 Å². The van der Waals surface area contributed by atoms with Crippen LogP contribution < -0.4 is 0 Å². The van der Waals surface area contributed by atoms with Crippen molar-refractivity contribution in [3.63, 3.8) is 0 Å². The van der Waals surface area contributed by atoms with E-state index in [0.29, 0.717) is 6.42 Å². The Labute approximate surface area is 164 Å². The minimum atomic E-state index is -4.05. The molecule has 28 heavy (non-hydrogen) atoms. The molecule has 1 fully saturated rings. The standard InChI is InChI=1S/C18H28NO8P/c1-12(2)27-16(21)13-9-10-15(20)19(13)14-8-6-7-11-18(14,17(22)24-3)28(23,25-4)26-5/h6,8,12-14H,7,9-11H2,1-5H3/t13-,14+,18-/m0/s1. The summed E-state index contributed by atoms with van der Waals surface area (Å²) in [6.45, 7) is 3.42. The molecular weight excluding hydrogens is 389 g/mol. The summed E-state index contributed by atoms with van der Waals surface area (Å²) < 4.78 is 34.1. The molecule has 1 aliphatic heterocycles. The van der Waals surface area contributed by atoms with Gasteiger partial charge in [0.2, 0.25) is 5.91 Å². The third-order valence-electron chi connectivity index (χ3n) is 5.19. The minimum Gasteiger partial charge on any atom is -0.468 e. The van der Waals surface area contributed by atoms with Crippen molar-refractivity contribution in [1.82, 2.24) is 4.90 Å². The summed E-state index contributed by atoms with van der Waals surface area (Å²) in [6, 6.07) is -1.92. The monoisotopic (exact) mass is 417 g/mol. The van der Waals surface area contributed by atoms with Crippen LogP contribution >= 0.6 is 7.60 Å². The van der Waals surface area contributed by atoms with Crippen LogP contribution in [0.3, 0.4) is 0 Å². The summed E-state index contributed by atoms with van der Waals surface area (Å²) in [5, 5.41) is -1.78. The summed E-state index contributed by atoms with van der Waals surface area (Å²) in [7, 11) is -0.517. The molecule has 0 N–H and O–H groups in total. The number of hydrogen-bond donors (Lipinski definition) is 0. The average Bonchev–Trinajstić information content (AvgIpc) is 3.07. The molecule has 1 saturated heterocycles. The summed E-state index contributed by atoms with van der Waals surface area (Å²) in [4.78, 5) is 39.6. The fourth-order valence-electron chi connectivity index (χ4n) is 3.96. The van der Waals surface area contributed by atoms with Gasteiger partial charge in [-0.25, -0.2) is 4.79 Å². The van der Waals surface area contributed by atoms with Gasteiger partial charge in [0.15, 0.2) is 5.16 Å². The first-order valence-electron chi connectivity index (χ1n) is 9.16. The van der Waals surface area contributed by atoms with Gasteiger partial charge in [0.1, 0.15) is 6.04 Å². The Morgan fingerprint density at radius 3 is 2.43 bits per heavy atom. The third-order valence-corrected chi connectivity index (χ3v) is 7.80. The van der Waals surface area contributed by atoms with Crippen LogP contribution in [0.25, 0.3) is 0 Å². The molecule has 1 aliphatic carbocycles. The highest BCUT2D eigenvalue weighted by Gasteiger charge is 2.65. The molecule has 0 spiro atoms. The van der Waals surface area contributed by atoms with E-state index in [-0.39, 0.29) is 31.3 Å². The first-order valence-corrected chi connectivity index (χ1v) is 10.7. The quantitative estimate of drug-likeness (QED) is 0.352. The second kappa shape index (κ2) is 8.76. The van der Waals surface area contributed by atoms with Crippen molar-refractivity contribution in [3.8, 4) is 0 Å². The zero-order valence-electron chi connectivity index (χ0n) is 16.9. The van der Waals surface area contributed by atoms with E-state index in [0.717, 1.165) is 0 Å². The Morgan fingerprint density at radius 1 is 1.25 bits per heavy atom. The summed E-state index contributed by atoms with van der Waals surface area (Å²) in [5.74, 6) is -1.72. The number of likely N-dealkylation sites (tertiary alicyclic amines) is 1. The van der Waals surface area contributed by atoms with Crippen molar-refractivity contribution in [2.24, 2.45) is 0 Å². The van der Waals surface area contributed by atoms with Crippen LogP contribution in [0.4, 0.5) is 0 Å². The maximum absolute atomic E-state index is 13.5. The highest BCUT2D eigenvalue weighted by molar-refractivity contribution is 7.57. The third kappa shape index (κ3) is 3.63. The summed E-state index contributed by atoms with van der Waals surface area (Å²) in [6.07, 6.45) is 3.87. The number of ether oxygens (including phenoxy) is 2. The van der Waals surface area contributed by atoms with Crippen LogP contribution in [0.15, 0.2) is 12.2 Å². The van der Waals surface area contributed by atoms with Gasteiger partial charge >= 0.3 is 19.5 Å². The molecule has 2 rings (SSSR count). The van der Waals surface area contributed by atoms with Crippen molar-refractivity contribution in [2.45, 2.75) is 62.9 Å². The topological polar surface area (TPSA) is 108 Å². The Morgan fingerprint density at radius 2 is 1.89 bits per heavy atom. The SMILES string of the molecule is COC(=O)[C@]1(P(=O)(OC)OC)CCC=C[C@H]1N1C(=O)CC[C@H]1C(=O)OC(C)C. The van der Waals surface area contributed by atoms with E-state index in [2.05, 4.69) is 0 Å². The normalized spacial score (nSPS) is 27.9. The predicted octanol–water partition coefficient (Wildman–Crippen LogP) is 2.05. The van der Waals surface area contributed by atoms with E-state index in [1.165, 1.54) is 26.2 Å². The number of rotatable bonds is 7. The zero-order chi connectivity index (χ0) is 21.1. The van der Waals surface area contributed by atoms with Crippen LogP contribution in [0.5, 0.6) is 0 Å². The first kappa shape index (κ1) is 22.6. The maximum atomic E-state index is 13.5.